The van der Waals surface area contributed by atoms with Crippen LogP contribution in [0.3, 0.4) is 0 Å². The smallest absolute Gasteiger partial charge is 0.362 e. The van der Waals surface area contributed by atoms with Crippen LogP contribution < -0.4 is 5.32 Å². The third kappa shape index (κ3) is 2.93. The number of alkyl halides is 3. The van der Waals surface area contributed by atoms with Gasteiger partial charge in [-0.2, -0.15) is 13.2 Å². The zero-order valence-corrected chi connectivity index (χ0v) is 14.1. The van der Waals surface area contributed by atoms with Gasteiger partial charge in [0.1, 0.15) is 5.56 Å². The number of piperidine rings is 3. The molecule has 9 heteroatoms. The lowest BCUT2D eigenvalue weighted by molar-refractivity contribution is -0.136. The molecular formula is C15H16Cl2F3N3O. The van der Waals surface area contributed by atoms with Gasteiger partial charge in [0.25, 0.3) is 0 Å². The predicted octanol–water partition coefficient (Wildman–Crippen LogP) is 4.43. The summed E-state index contributed by atoms with van der Waals surface area (Å²) in [5, 5.41) is 7.04. The van der Waals surface area contributed by atoms with Crippen molar-refractivity contribution in [2.75, 3.05) is 25.0 Å². The van der Waals surface area contributed by atoms with Crippen LogP contribution in [0, 0.1) is 5.92 Å². The molecule has 3 saturated heterocycles. The Morgan fingerprint density at radius 1 is 1.25 bits per heavy atom. The fourth-order valence-corrected chi connectivity index (χ4v) is 3.91. The number of rotatable bonds is 2. The molecule has 3 aliphatic rings. The second kappa shape index (κ2) is 6.28. The maximum absolute atomic E-state index is 13.2. The highest BCUT2D eigenvalue weighted by Gasteiger charge is 2.39. The number of benzene rings is 1. The standard InChI is InChI=1S/C15H15ClF3N3O.ClH/c16-10-2-1-9-13(12(10)15(17,18)19)23-21-14(9)20-11-7-22-5-3-8(11)4-6-22;/h1-2,8,11H,3-7H2,(H,20,21);1H/t11-;/m0./s1. The number of nitrogens with one attached hydrogen (secondary N) is 1. The fourth-order valence-electron chi connectivity index (χ4n) is 3.65. The van der Waals surface area contributed by atoms with Crippen molar-refractivity contribution < 1.29 is 17.7 Å². The van der Waals surface area contributed by atoms with Gasteiger partial charge >= 0.3 is 6.18 Å². The maximum Gasteiger partial charge on any atom is 0.421 e. The SMILES string of the molecule is Cl.FC(F)(F)c1c(Cl)ccc2c(N[C@H]3CN4CCC3CC4)noc12. The third-order valence-corrected chi connectivity index (χ3v) is 5.17. The minimum atomic E-state index is -4.58. The molecule has 0 radical (unpaired) electrons. The van der Waals surface area contributed by atoms with E-state index in [4.69, 9.17) is 16.1 Å². The molecule has 24 heavy (non-hydrogen) atoms. The van der Waals surface area contributed by atoms with Gasteiger partial charge in [0.05, 0.1) is 10.4 Å². The quantitative estimate of drug-likeness (QED) is 0.835. The largest absolute Gasteiger partial charge is 0.421 e. The van der Waals surface area contributed by atoms with Crippen LogP contribution in [0.25, 0.3) is 11.0 Å². The Hall–Kier alpha value is -1.18. The highest BCUT2D eigenvalue weighted by Crippen LogP contribution is 2.42. The molecule has 1 aromatic heterocycles. The fraction of sp³-hybridized carbons (Fsp3) is 0.533. The molecule has 1 aromatic carbocycles. The molecule has 0 aliphatic carbocycles. The Morgan fingerprint density at radius 2 is 1.96 bits per heavy atom. The Balaban J connectivity index is 0.00000169. The minimum absolute atomic E-state index is 0. The Labute approximate surface area is 147 Å². The molecule has 0 amide bonds. The summed E-state index contributed by atoms with van der Waals surface area (Å²) < 4.78 is 44.5. The lowest BCUT2D eigenvalue weighted by Gasteiger charge is -2.44. The van der Waals surface area contributed by atoms with E-state index < -0.39 is 11.7 Å². The topological polar surface area (TPSA) is 41.3 Å². The molecule has 4 nitrogen and oxygen atoms in total. The maximum atomic E-state index is 13.2. The van der Waals surface area contributed by atoms with Gasteiger partial charge in [0.2, 0.25) is 0 Å². The van der Waals surface area contributed by atoms with Crippen molar-refractivity contribution in [3.05, 3.63) is 22.7 Å². The molecule has 5 rings (SSSR count). The second-order valence-electron chi connectivity index (χ2n) is 6.22. The molecule has 1 atom stereocenters. The third-order valence-electron chi connectivity index (χ3n) is 4.85. The van der Waals surface area contributed by atoms with Crippen molar-refractivity contribution in [2.24, 2.45) is 5.92 Å². The van der Waals surface area contributed by atoms with Crippen molar-refractivity contribution in [1.29, 1.82) is 0 Å². The zero-order valence-electron chi connectivity index (χ0n) is 12.6. The van der Waals surface area contributed by atoms with Crippen LogP contribution >= 0.6 is 24.0 Å². The number of hydrogen-bond acceptors (Lipinski definition) is 4. The highest BCUT2D eigenvalue weighted by molar-refractivity contribution is 6.32. The first-order valence-electron chi connectivity index (χ1n) is 7.57. The van der Waals surface area contributed by atoms with E-state index in [-0.39, 0.29) is 29.1 Å². The van der Waals surface area contributed by atoms with Crippen LogP contribution in [-0.4, -0.2) is 35.7 Å². The van der Waals surface area contributed by atoms with Gasteiger partial charge in [-0.1, -0.05) is 16.8 Å². The Bertz CT molecular complexity index is 741. The molecular weight excluding hydrogens is 366 g/mol. The Kier molecular flexibility index (Phi) is 4.61. The van der Waals surface area contributed by atoms with Crippen LogP contribution in [0.5, 0.6) is 0 Å². The first-order valence-corrected chi connectivity index (χ1v) is 7.95. The number of anilines is 1. The lowest BCUT2D eigenvalue weighted by Crippen LogP contribution is -2.53. The van der Waals surface area contributed by atoms with E-state index in [9.17, 15) is 13.2 Å². The summed E-state index contributed by atoms with van der Waals surface area (Å²) in [5.41, 5.74) is -1.28. The van der Waals surface area contributed by atoms with E-state index in [1.807, 2.05) is 0 Å². The second-order valence-corrected chi connectivity index (χ2v) is 6.62. The average molecular weight is 382 g/mol. The molecule has 4 heterocycles. The lowest BCUT2D eigenvalue weighted by atomic mass is 9.84. The summed E-state index contributed by atoms with van der Waals surface area (Å²) in [6.45, 7) is 3.07. The van der Waals surface area contributed by atoms with Crippen molar-refractivity contribution in [3.8, 4) is 0 Å². The van der Waals surface area contributed by atoms with Crippen LogP contribution in [0.15, 0.2) is 16.7 Å². The zero-order chi connectivity index (χ0) is 16.2. The van der Waals surface area contributed by atoms with Gasteiger partial charge in [-0.3, -0.25) is 0 Å². The molecule has 0 saturated carbocycles. The van der Waals surface area contributed by atoms with Gasteiger partial charge in [-0.25, -0.2) is 0 Å². The first kappa shape index (κ1) is 17.6. The normalized spacial score (nSPS) is 26.4. The monoisotopic (exact) mass is 381 g/mol. The number of halogens is 5. The first-order chi connectivity index (χ1) is 10.9. The van der Waals surface area contributed by atoms with E-state index >= 15 is 0 Å². The van der Waals surface area contributed by atoms with Crippen molar-refractivity contribution in [3.63, 3.8) is 0 Å². The molecule has 0 unspecified atom stereocenters. The van der Waals surface area contributed by atoms with Gasteiger partial charge in [0, 0.05) is 12.6 Å². The van der Waals surface area contributed by atoms with E-state index in [0.29, 0.717) is 17.1 Å². The van der Waals surface area contributed by atoms with Crippen molar-refractivity contribution in [1.82, 2.24) is 10.1 Å². The summed E-state index contributed by atoms with van der Waals surface area (Å²) in [5.74, 6) is 0.891. The van der Waals surface area contributed by atoms with Gasteiger partial charge < -0.3 is 14.7 Å². The number of hydrogen-bond donors (Lipinski definition) is 1. The van der Waals surface area contributed by atoms with E-state index in [1.165, 1.54) is 12.1 Å². The Morgan fingerprint density at radius 3 is 2.54 bits per heavy atom. The molecule has 2 bridgehead atoms. The number of aromatic nitrogens is 1. The minimum Gasteiger partial charge on any atom is -0.362 e. The summed E-state index contributed by atoms with van der Waals surface area (Å²) >= 11 is 5.71. The number of nitrogens with zero attached hydrogens (tertiary/aromatic N) is 2. The van der Waals surface area contributed by atoms with Crippen molar-refractivity contribution >= 4 is 40.8 Å². The van der Waals surface area contributed by atoms with Gasteiger partial charge in [-0.15, -0.1) is 12.4 Å². The molecule has 3 aliphatic heterocycles. The molecule has 0 spiro atoms. The molecule has 2 aromatic rings. The molecule has 1 N–H and O–H groups in total. The van der Waals surface area contributed by atoms with Crippen molar-refractivity contribution in [2.45, 2.75) is 25.1 Å². The average Bonchev–Trinajstić information content (AvgIpc) is 2.89. The van der Waals surface area contributed by atoms with Crippen LogP contribution in [0.2, 0.25) is 5.02 Å². The highest BCUT2D eigenvalue weighted by atomic mass is 35.5. The van der Waals surface area contributed by atoms with E-state index in [2.05, 4.69) is 15.4 Å². The number of fused-ring (bicyclic) bond motifs is 4. The summed E-state index contributed by atoms with van der Waals surface area (Å²) in [7, 11) is 0. The van der Waals surface area contributed by atoms with Crippen LogP contribution in [-0.2, 0) is 6.18 Å². The van der Waals surface area contributed by atoms with E-state index in [0.717, 1.165) is 32.5 Å². The predicted molar refractivity (Wildman–Crippen MR) is 87.8 cm³/mol. The molecule has 132 valence electrons. The van der Waals surface area contributed by atoms with Crippen LogP contribution in [0.4, 0.5) is 19.0 Å². The van der Waals surface area contributed by atoms with Gasteiger partial charge in [-0.05, 0) is 44.0 Å². The van der Waals surface area contributed by atoms with E-state index in [1.54, 1.807) is 0 Å². The van der Waals surface area contributed by atoms with Gasteiger partial charge in [0.15, 0.2) is 11.4 Å². The summed E-state index contributed by atoms with van der Waals surface area (Å²) in [6.07, 6.45) is -2.37. The summed E-state index contributed by atoms with van der Waals surface area (Å²) in [4.78, 5) is 2.36. The summed E-state index contributed by atoms with van der Waals surface area (Å²) in [6, 6.07) is 2.95. The molecule has 3 fully saturated rings. The van der Waals surface area contributed by atoms with Crippen LogP contribution in [0.1, 0.15) is 18.4 Å².